The van der Waals surface area contributed by atoms with Crippen LogP contribution >= 0.6 is 15.9 Å². The number of ether oxygens (including phenoxy) is 1. The van der Waals surface area contributed by atoms with Crippen molar-refractivity contribution in [1.82, 2.24) is 14.8 Å². The van der Waals surface area contributed by atoms with E-state index in [1.807, 2.05) is 22.9 Å². The predicted molar refractivity (Wildman–Crippen MR) is 78.3 cm³/mol. The van der Waals surface area contributed by atoms with Crippen molar-refractivity contribution in [3.63, 3.8) is 0 Å². The van der Waals surface area contributed by atoms with Gasteiger partial charge in [0.2, 0.25) is 0 Å². The molecule has 0 amide bonds. The quantitative estimate of drug-likeness (QED) is 0.887. The topological polar surface area (TPSA) is 52.0 Å². The van der Waals surface area contributed by atoms with Crippen LogP contribution in [0.15, 0.2) is 29.0 Å². The van der Waals surface area contributed by atoms with Crippen molar-refractivity contribution in [3.8, 4) is 5.75 Å². The summed E-state index contributed by atoms with van der Waals surface area (Å²) in [4.78, 5) is 4.26. The molecule has 2 aromatic rings. The van der Waals surface area contributed by atoms with Gasteiger partial charge in [-0.1, -0.05) is 6.92 Å². The van der Waals surface area contributed by atoms with Gasteiger partial charge in [0, 0.05) is 17.1 Å². The molecule has 2 rings (SSSR count). The fourth-order valence-corrected chi connectivity index (χ4v) is 2.15. The molecule has 0 unspecified atom stereocenters. The lowest BCUT2D eigenvalue weighted by Crippen LogP contribution is -2.10. The number of halogens is 1. The van der Waals surface area contributed by atoms with E-state index in [0.717, 1.165) is 34.7 Å². The molecule has 1 N–H and O–H groups in total. The van der Waals surface area contributed by atoms with Gasteiger partial charge in [0.1, 0.15) is 17.9 Å². The predicted octanol–water partition coefficient (Wildman–Crippen LogP) is 3.07. The Hall–Kier alpha value is -1.56. The minimum Gasteiger partial charge on any atom is -0.497 e. The number of hydrogen-bond acceptors (Lipinski definition) is 4. The van der Waals surface area contributed by atoms with E-state index in [1.165, 1.54) is 0 Å². The molecular weight excluding hydrogens is 308 g/mol. The van der Waals surface area contributed by atoms with E-state index in [-0.39, 0.29) is 0 Å². The van der Waals surface area contributed by atoms with Gasteiger partial charge in [-0.2, -0.15) is 5.10 Å². The monoisotopic (exact) mass is 324 g/mol. The van der Waals surface area contributed by atoms with Crippen LogP contribution in [-0.4, -0.2) is 21.9 Å². The second-order valence-electron chi connectivity index (χ2n) is 4.10. The van der Waals surface area contributed by atoms with Crippen LogP contribution in [0.5, 0.6) is 5.75 Å². The number of anilines is 1. The van der Waals surface area contributed by atoms with Crippen LogP contribution in [0.4, 0.5) is 5.69 Å². The zero-order chi connectivity index (χ0) is 13.7. The van der Waals surface area contributed by atoms with E-state index in [1.54, 1.807) is 13.4 Å². The summed E-state index contributed by atoms with van der Waals surface area (Å²) in [6, 6.07) is 5.82. The van der Waals surface area contributed by atoms with Crippen LogP contribution in [0.25, 0.3) is 0 Å². The summed E-state index contributed by atoms with van der Waals surface area (Å²) in [7, 11) is 1.66. The van der Waals surface area contributed by atoms with Crippen molar-refractivity contribution >= 4 is 21.6 Å². The number of rotatable bonds is 6. The van der Waals surface area contributed by atoms with E-state index in [0.29, 0.717) is 6.54 Å². The highest BCUT2D eigenvalue weighted by Crippen LogP contribution is 2.27. The number of nitrogens with one attached hydrogen (secondary N) is 1. The number of methoxy groups -OCH3 is 1. The van der Waals surface area contributed by atoms with Gasteiger partial charge in [-0.05, 0) is 34.5 Å². The largest absolute Gasteiger partial charge is 0.497 e. The van der Waals surface area contributed by atoms with Gasteiger partial charge < -0.3 is 10.1 Å². The molecule has 0 aliphatic heterocycles. The van der Waals surface area contributed by atoms with Gasteiger partial charge in [0.15, 0.2) is 0 Å². The molecule has 1 aromatic carbocycles. The summed E-state index contributed by atoms with van der Waals surface area (Å²) in [6.07, 6.45) is 2.63. The minimum atomic E-state index is 0.631. The first-order valence-corrected chi connectivity index (χ1v) is 6.98. The third kappa shape index (κ3) is 3.47. The molecule has 0 radical (unpaired) electrons. The molecular formula is C13H17BrN4O. The molecule has 0 aliphatic carbocycles. The molecule has 0 fully saturated rings. The minimum absolute atomic E-state index is 0.631. The lowest BCUT2D eigenvalue weighted by molar-refractivity contribution is 0.415. The molecule has 5 nitrogen and oxygen atoms in total. The summed E-state index contributed by atoms with van der Waals surface area (Å²) in [5.41, 5.74) is 0.977. The molecule has 6 heteroatoms. The molecule has 0 saturated carbocycles. The zero-order valence-corrected chi connectivity index (χ0v) is 12.6. The number of benzene rings is 1. The van der Waals surface area contributed by atoms with Crippen LogP contribution in [0.3, 0.4) is 0 Å². The SMILES string of the molecule is CCCn1ncnc1CNc1cc(OC)ccc1Br. The van der Waals surface area contributed by atoms with Crippen molar-refractivity contribution in [3.05, 3.63) is 34.8 Å². The maximum Gasteiger partial charge on any atom is 0.146 e. The maximum absolute atomic E-state index is 5.22. The Morgan fingerprint density at radius 2 is 2.26 bits per heavy atom. The van der Waals surface area contributed by atoms with Crippen molar-refractivity contribution in [2.45, 2.75) is 26.4 Å². The van der Waals surface area contributed by atoms with Crippen LogP contribution < -0.4 is 10.1 Å². The highest BCUT2D eigenvalue weighted by Gasteiger charge is 2.06. The van der Waals surface area contributed by atoms with Crippen molar-refractivity contribution < 1.29 is 4.74 Å². The van der Waals surface area contributed by atoms with Crippen LogP contribution in [0.2, 0.25) is 0 Å². The fraction of sp³-hybridized carbons (Fsp3) is 0.385. The van der Waals surface area contributed by atoms with Crippen LogP contribution in [0.1, 0.15) is 19.2 Å². The first kappa shape index (κ1) is 13.9. The second-order valence-corrected chi connectivity index (χ2v) is 4.95. The molecule has 0 atom stereocenters. The highest BCUT2D eigenvalue weighted by molar-refractivity contribution is 9.10. The van der Waals surface area contributed by atoms with E-state index >= 15 is 0 Å². The molecule has 0 saturated heterocycles. The van der Waals surface area contributed by atoms with Gasteiger partial charge in [-0.15, -0.1) is 0 Å². The molecule has 19 heavy (non-hydrogen) atoms. The average molecular weight is 325 g/mol. The number of aryl methyl sites for hydroxylation is 1. The third-order valence-electron chi connectivity index (χ3n) is 2.74. The number of hydrogen-bond donors (Lipinski definition) is 1. The lowest BCUT2D eigenvalue weighted by atomic mass is 10.3. The Balaban J connectivity index is 2.07. The van der Waals surface area contributed by atoms with Crippen molar-refractivity contribution in [1.29, 1.82) is 0 Å². The summed E-state index contributed by atoms with van der Waals surface area (Å²) in [5.74, 6) is 1.75. The Morgan fingerprint density at radius 1 is 1.42 bits per heavy atom. The maximum atomic E-state index is 5.22. The summed E-state index contributed by atoms with van der Waals surface area (Å²) in [5, 5.41) is 7.54. The molecule has 0 bridgehead atoms. The standard InChI is InChI=1S/C13H17BrN4O/c1-3-6-18-13(16-9-17-18)8-15-12-7-10(19-2)4-5-11(12)14/h4-5,7,9,15H,3,6,8H2,1-2H3. The molecule has 0 aliphatic rings. The Kier molecular flexibility index (Phi) is 4.79. The Labute approximate surface area is 121 Å². The third-order valence-corrected chi connectivity index (χ3v) is 3.43. The van der Waals surface area contributed by atoms with Gasteiger partial charge in [0.25, 0.3) is 0 Å². The molecule has 102 valence electrons. The van der Waals surface area contributed by atoms with Gasteiger partial charge in [0.05, 0.1) is 19.3 Å². The Morgan fingerprint density at radius 3 is 3.00 bits per heavy atom. The summed E-state index contributed by atoms with van der Waals surface area (Å²) >= 11 is 3.51. The van der Waals surface area contributed by atoms with E-state index in [4.69, 9.17) is 4.74 Å². The van der Waals surface area contributed by atoms with Crippen LogP contribution in [-0.2, 0) is 13.1 Å². The number of nitrogens with zero attached hydrogens (tertiary/aromatic N) is 3. The highest BCUT2D eigenvalue weighted by atomic mass is 79.9. The average Bonchev–Trinajstić information content (AvgIpc) is 2.86. The van der Waals surface area contributed by atoms with Gasteiger partial charge in [-0.3, -0.25) is 0 Å². The fourth-order valence-electron chi connectivity index (χ4n) is 1.76. The molecule has 1 heterocycles. The summed E-state index contributed by atoms with van der Waals surface area (Å²) in [6.45, 7) is 3.64. The Bertz CT molecular complexity index is 541. The van der Waals surface area contributed by atoms with E-state index < -0.39 is 0 Å². The smallest absolute Gasteiger partial charge is 0.146 e. The number of aromatic nitrogens is 3. The van der Waals surface area contributed by atoms with Crippen LogP contribution in [0, 0.1) is 0 Å². The first-order valence-electron chi connectivity index (χ1n) is 6.18. The molecule has 0 spiro atoms. The lowest BCUT2D eigenvalue weighted by Gasteiger charge is -2.10. The normalized spacial score (nSPS) is 10.5. The van der Waals surface area contributed by atoms with Gasteiger partial charge in [-0.25, -0.2) is 9.67 Å². The van der Waals surface area contributed by atoms with Gasteiger partial charge >= 0.3 is 0 Å². The van der Waals surface area contributed by atoms with E-state index in [2.05, 4.69) is 38.3 Å². The summed E-state index contributed by atoms with van der Waals surface area (Å²) < 4.78 is 8.13. The van der Waals surface area contributed by atoms with Crippen molar-refractivity contribution in [2.24, 2.45) is 0 Å². The van der Waals surface area contributed by atoms with E-state index in [9.17, 15) is 0 Å². The van der Waals surface area contributed by atoms with Crippen molar-refractivity contribution in [2.75, 3.05) is 12.4 Å². The second kappa shape index (κ2) is 6.56. The molecule has 1 aromatic heterocycles. The zero-order valence-electron chi connectivity index (χ0n) is 11.1. The first-order chi connectivity index (χ1) is 9.24.